The molecule has 2 aromatic carbocycles. The molecular weight excluding hydrogens is 698 g/mol. The van der Waals surface area contributed by atoms with Crippen LogP contribution in [0.25, 0.3) is 10.9 Å². The van der Waals surface area contributed by atoms with E-state index in [4.69, 9.17) is 14.2 Å². The van der Waals surface area contributed by atoms with Gasteiger partial charge in [-0.2, -0.15) is 13.2 Å². The molecule has 1 aromatic heterocycles. The molecule has 288 valence electrons. The third-order valence-electron chi connectivity index (χ3n) is 8.54. The number of rotatable bonds is 14. The SMILES string of the molecule is COc1cc(C(=O)NCC(COC(=O)C(C)C)OC(=O)C(C)C)ccc1NCC#Cc1cc2c(NC3CCN(C)CC3F)cccc2n1CC(F)(F)F. The molecule has 1 aliphatic heterocycles. The summed E-state index contributed by atoms with van der Waals surface area (Å²) in [7, 11) is 3.26. The number of nitrogens with one attached hydrogen (secondary N) is 3. The molecule has 1 amide bonds. The van der Waals surface area contributed by atoms with Gasteiger partial charge < -0.3 is 39.6 Å². The Balaban J connectivity index is 1.46. The Morgan fingerprint density at radius 1 is 1.02 bits per heavy atom. The average molecular weight is 746 g/mol. The van der Waals surface area contributed by atoms with Crippen LogP contribution < -0.4 is 20.7 Å². The Labute approximate surface area is 306 Å². The van der Waals surface area contributed by atoms with Crippen LogP contribution in [0.3, 0.4) is 0 Å². The largest absolute Gasteiger partial charge is 0.495 e. The van der Waals surface area contributed by atoms with Gasteiger partial charge >= 0.3 is 18.1 Å². The fourth-order valence-corrected chi connectivity index (χ4v) is 5.62. The summed E-state index contributed by atoms with van der Waals surface area (Å²) in [6.07, 6.45) is -5.99. The number of hydrogen-bond donors (Lipinski definition) is 3. The number of alkyl halides is 4. The number of likely N-dealkylation sites (tertiary alicyclic amines) is 1. The van der Waals surface area contributed by atoms with E-state index < -0.39 is 54.8 Å². The number of ether oxygens (including phenoxy) is 3. The lowest BCUT2D eigenvalue weighted by molar-refractivity contribution is -0.162. The van der Waals surface area contributed by atoms with Crippen molar-refractivity contribution in [3.05, 3.63) is 53.7 Å². The van der Waals surface area contributed by atoms with Crippen LogP contribution >= 0.6 is 0 Å². The lowest BCUT2D eigenvalue weighted by Gasteiger charge is -2.33. The van der Waals surface area contributed by atoms with E-state index >= 15 is 0 Å². The van der Waals surface area contributed by atoms with Crippen LogP contribution in [0.15, 0.2) is 42.5 Å². The molecule has 1 saturated heterocycles. The number of amides is 1. The summed E-state index contributed by atoms with van der Waals surface area (Å²) >= 11 is 0. The van der Waals surface area contributed by atoms with Gasteiger partial charge in [0.25, 0.3) is 5.91 Å². The van der Waals surface area contributed by atoms with E-state index in [-0.39, 0.29) is 43.4 Å². The van der Waals surface area contributed by atoms with Crippen molar-refractivity contribution < 1.29 is 46.2 Å². The highest BCUT2D eigenvalue weighted by Gasteiger charge is 2.31. The first-order valence-electron chi connectivity index (χ1n) is 17.4. The standard InChI is InChI=1S/C38H47F4N5O6/c1-23(2)36(49)52-21-27(53-37(50)24(3)4)19-44-35(48)25-12-13-32(34(17-25)51-6)43-15-8-9-26-18-28-30(45-31-14-16-46(5)20-29(31)39)10-7-11-33(28)47(26)22-38(40,41)42/h7,10-13,17-18,23-24,27,29,31,43,45H,14-16,19-22H2,1-6H3,(H,44,48). The van der Waals surface area contributed by atoms with E-state index in [2.05, 4.69) is 27.8 Å². The van der Waals surface area contributed by atoms with Crippen LogP contribution in [-0.4, -0.2) is 98.7 Å². The molecule has 53 heavy (non-hydrogen) atoms. The van der Waals surface area contributed by atoms with Crippen molar-refractivity contribution in [2.75, 3.05) is 57.6 Å². The minimum Gasteiger partial charge on any atom is -0.495 e. The summed E-state index contributed by atoms with van der Waals surface area (Å²) in [4.78, 5) is 39.1. The van der Waals surface area contributed by atoms with Crippen LogP contribution in [-0.2, 0) is 25.6 Å². The Kier molecular flexibility index (Phi) is 14.0. The fourth-order valence-electron chi connectivity index (χ4n) is 5.62. The maximum absolute atomic E-state index is 14.8. The van der Waals surface area contributed by atoms with Gasteiger partial charge in [-0.3, -0.25) is 14.4 Å². The Morgan fingerprint density at radius 3 is 2.42 bits per heavy atom. The maximum Gasteiger partial charge on any atom is 0.406 e. The number of benzene rings is 2. The van der Waals surface area contributed by atoms with Crippen LogP contribution in [0.2, 0.25) is 0 Å². The number of fused-ring (bicyclic) bond motifs is 1. The Hall–Kier alpha value is -4.97. The smallest absolute Gasteiger partial charge is 0.406 e. The predicted octanol–water partition coefficient (Wildman–Crippen LogP) is 5.63. The first-order chi connectivity index (χ1) is 25.1. The Morgan fingerprint density at radius 2 is 1.75 bits per heavy atom. The number of carbonyl (C=O) groups is 3. The second-order valence-corrected chi connectivity index (χ2v) is 13.6. The molecule has 0 saturated carbocycles. The molecule has 0 spiro atoms. The number of nitrogens with zero attached hydrogens (tertiary/aromatic N) is 2. The van der Waals surface area contributed by atoms with Gasteiger partial charge in [-0.25, -0.2) is 4.39 Å². The zero-order valence-electron chi connectivity index (χ0n) is 30.7. The minimum atomic E-state index is -4.51. The second-order valence-electron chi connectivity index (χ2n) is 13.6. The summed E-state index contributed by atoms with van der Waals surface area (Å²) in [5, 5.41) is 9.48. The molecule has 11 nitrogen and oxygen atoms in total. The van der Waals surface area contributed by atoms with Gasteiger partial charge in [0.05, 0.1) is 55.0 Å². The maximum atomic E-state index is 14.8. The number of carbonyl (C=O) groups excluding carboxylic acids is 3. The normalized spacial score (nSPS) is 16.8. The number of anilines is 2. The van der Waals surface area contributed by atoms with Crippen LogP contribution in [0.4, 0.5) is 28.9 Å². The number of halogens is 4. The van der Waals surface area contributed by atoms with Crippen LogP contribution in [0.1, 0.15) is 50.2 Å². The minimum absolute atomic E-state index is 0.0255. The molecule has 0 aliphatic carbocycles. The molecule has 1 fully saturated rings. The number of hydrogen-bond acceptors (Lipinski definition) is 9. The highest BCUT2D eigenvalue weighted by molar-refractivity contribution is 5.95. The first-order valence-corrected chi connectivity index (χ1v) is 17.4. The molecule has 0 radical (unpaired) electrons. The topological polar surface area (TPSA) is 123 Å². The fraction of sp³-hybridized carbons (Fsp3) is 0.500. The predicted molar refractivity (Wildman–Crippen MR) is 194 cm³/mol. The molecule has 3 N–H and O–H groups in total. The van der Waals surface area contributed by atoms with Crippen LogP contribution in [0.5, 0.6) is 5.75 Å². The third-order valence-corrected chi connectivity index (χ3v) is 8.54. The van der Waals surface area contributed by atoms with E-state index in [1.165, 1.54) is 19.2 Å². The van der Waals surface area contributed by atoms with Gasteiger partial charge in [0.15, 0.2) is 6.10 Å². The molecule has 15 heteroatoms. The van der Waals surface area contributed by atoms with Crippen molar-refractivity contribution in [3.63, 3.8) is 0 Å². The van der Waals surface area contributed by atoms with Crippen LogP contribution in [0, 0.1) is 23.7 Å². The summed E-state index contributed by atoms with van der Waals surface area (Å²) in [6.45, 7) is 6.06. The molecule has 1 aliphatic rings. The Bertz CT molecular complexity index is 1820. The summed E-state index contributed by atoms with van der Waals surface area (Å²) in [6, 6.07) is 10.7. The molecule has 2 heterocycles. The van der Waals surface area contributed by atoms with E-state index in [9.17, 15) is 31.9 Å². The van der Waals surface area contributed by atoms with Gasteiger partial charge in [0, 0.05) is 29.7 Å². The second kappa shape index (κ2) is 18.2. The zero-order valence-corrected chi connectivity index (χ0v) is 30.7. The van der Waals surface area contributed by atoms with Crippen molar-refractivity contribution in [2.24, 2.45) is 11.8 Å². The summed E-state index contributed by atoms with van der Waals surface area (Å²) in [5.41, 5.74) is 1.71. The van der Waals surface area contributed by atoms with Gasteiger partial charge in [-0.1, -0.05) is 39.7 Å². The quantitative estimate of drug-likeness (QED) is 0.110. The highest BCUT2D eigenvalue weighted by Crippen LogP contribution is 2.32. The van der Waals surface area contributed by atoms with E-state index in [1.54, 1.807) is 58.0 Å². The molecular formula is C38H47F4N5O6. The zero-order chi connectivity index (χ0) is 38.9. The molecule has 4 rings (SSSR count). The van der Waals surface area contributed by atoms with E-state index in [1.807, 2.05) is 11.9 Å². The number of methoxy groups -OCH3 is 1. The molecule has 0 bridgehead atoms. The average Bonchev–Trinajstić information content (AvgIpc) is 3.44. The van der Waals surface area contributed by atoms with Crippen molar-refractivity contribution in [3.8, 4) is 17.6 Å². The van der Waals surface area contributed by atoms with Crippen molar-refractivity contribution in [2.45, 2.75) is 65.2 Å². The van der Waals surface area contributed by atoms with Gasteiger partial charge in [0.1, 0.15) is 25.1 Å². The number of aromatic nitrogens is 1. The summed E-state index contributed by atoms with van der Waals surface area (Å²) < 4.78 is 73.1. The molecule has 3 atom stereocenters. The molecule has 3 unspecified atom stereocenters. The van der Waals surface area contributed by atoms with E-state index in [0.717, 1.165) is 4.57 Å². The summed E-state index contributed by atoms with van der Waals surface area (Å²) in [5.74, 6) is 3.74. The van der Waals surface area contributed by atoms with Gasteiger partial charge in [0.2, 0.25) is 0 Å². The third kappa shape index (κ3) is 11.5. The highest BCUT2D eigenvalue weighted by atomic mass is 19.4. The lowest BCUT2D eigenvalue weighted by Crippen LogP contribution is -2.46. The number of piperidine rings is 1. The van der Waals surface area contributed by atoms with Crippen molar-refractivity contribution in [1.82, 2.24) is 14.8 Å². The van der Waals surface area contributed by atoms with Gasteiger partial charge in [-0.05, 0) is 55.8 Å². The van der Waals surface area contributed by atoms with Gasteiger partial charge in [-0.15, -0.1) is 0 Å². The number of esters is 2. The van der Waals surface area contributed by atoms with E-state index in [0.29, 0.717) is 41.0 Å². The molecule has 3 aromatic rings. The lowest BCUT2D eigenvalue weighted by atomic mass is 10.0. The first kappa shape index (κ1) is 40.8. The monoisotopic (exact) mass is 745 g/mol. The van der Waals surface area contributed by atoms with Crippen molar-refractivity contribution in [1.29, 1.82) is 0 Å². The van der Waals surface area contributed by atoms with Crippen molar-refractivity contribution >= 4 is 40.1 Å².